The van der Waals surface area contributed by atoms with Gasteiger partial charge in [-0.3, -0.25) is 0 Å². The van der Waals surface area contributed by atoms with Crippen LogP contribution in [0.5, 0.6) is 5.75 Å². The predicted octanol–water partition coefficient (Wildman–Crippen LogP) is 4.34. The lowest BCUT2D eigenvalue weighted by Crippen LogP contribution is -2.43. The molecule has 128 valence electrons. The molecule has 0 heterocycles. The molecule has 0 radical (unpaired) electrons. The molecule has 0 aromatic heterocycles. The first-order valence-corrected chi connectivity index (χ1v) is 8.05. The Hall–Kier alpha value is -1.85. The molecule has 1 aliphatic carbocycles. The normalized spacial score (nSPS) is 21.1. The number of nitrogens with one attached hydrogen (secondary N) is 2. The van der Waals surface area contributed by atoms with Gasteiger partial charge in [0.25, 0.3) is 6.43 Å². The number of halogens is 2. The fourth-order valence-electron chi connectivity index (χ4n) is 2.85. The maximum Gasteiger partial charge on any atom is 0.319 e. The van der Waals surface area contributed by atoms with Crippen LogP contribution in [0.4, 0.5) is 19.3 Å². The van der Waals surface area contributed by atoms with E-state index in [-0.39, 0.29) is 12.1 Å². The van der Waals surface area contributed by atoms with Crippen LogP contribution in [0, 0.1) is 12.8 Å². The van der Waals surface area contributed by atoms with Gasteiger partial charge in [0.15, 0.2) is 0 Å². The van der Waals surface area contributed by atoms with E-state index in [4.69, 9.17) is 4.74 Å². The van der Waals surface area contributed by atoms with E-state index in [2.05, 4.69) is 17.6 Å². The fourth-order valence-corrected chi connectivity index (χ4v) is 2.85. The minimum absolute atomic E-state index is 0.184. The monoisotopic (exact) mass is 326 g/mol. The van der Waals surface area contributed by atoms with Gasteiger partial charge in [0.05, 0.1) is 0 Å². The van der Waals surface area contributed by atoms with Gasteiger partial charge in [0.1, 0.15) is 12.4 Å². The van der Waals surface area contributed by atoms with Gasteiger partial charge in [0.2, 0.25) is 0 Å². The predicted molar refractivity (Wildman–Crippen MR) is 86.3 cm³/mol. The Bertz CT molecular complexity index is 537. The number of carbonyl (C=O) groups is 1. The molecule has 0 aliphatic heterocycles. The zero-order valence-electron chi connectivity index (χ0n) is 13.6. The van der Waals surface area contributed by atoms with Gasteiger partial charge in [-0.05, 0) is 37.3 Å². The molecule has 0 bridgehead atoms. The second kappa shape index (κ2) is 8.13. The molecule has 6 heteroatoms. The number of alkyl halides is 2. The summed E-state index contributed by atoms with van der Waals surface area (Å²) in [5.41, 5.74) is 1.28. The van der Waals surface area contributed by atoms with Crippen LogP contribution in [0.2, 0.25) is 0 Å². The summed E-state index contributed by atoms with van der Waals surface area (Å²) in [7, 11) is 0. The molecule has 0 spiro atoms. The molecule has 2 unspecified atom stereocenters. The second-order valence-electron chi connectivity index (χ2n) is 6.15. The number of anilines is 1. The Morgan fingerprint density at radius 1 is 1.35 bits per heavy atom. The number of amides is 2. The Morgan fingerprint density at radius 2 is 2.09 bits per heavy atom. The third-order valence-corrected chi connectivity index (χ3v) is 4.24. The lowest BCUT2D eigenvalue weighted by Gasteiger charge is -2.29. The van der Waals surface area contributed by atoms with E-state index in [1.807, 2.05) is 0 Å². The van der Waals surface area contributed by atoms with Crippen molar-refractivity contribution in [3.8, 4) is 5.75 Å². The Morgan fingerprint density at radius 3 is 2.78 bits per heavy atom. The van der Waals surface area contributed by atoms with Crippen LogP contribution < -0.4 is 15.4 Å². The third kappa shape index (κ3) is 5.37. The maximum absolute atomic E-state index is 12.3. The highest BCUT2D eigenvalue weighted by molar-refractivity contribution is 5.89. The molecule has 2 N–H and O–H groups in total. The van der Waals surface area contributed by atoms with Crippen LogP contribution in [0.1, 0.15) is 38.2 Å². The lowest BCUT2D eigenvalue weighted by molar-refractivity contribution is 0.0816. The van der Waals surface area contributed by atoms with E-state index in [1.54, 1.807) is 25.1 Å². The van der Waals surface area contributed by atoms with Gasteiger partial charge in [-0.15, -0.1) is 0 Å². The van der Waals surface area contributed by atoms with E-state index < -0.39 is 13.0 Å². The molecule has 1 aromatic rings. The van der Waals surface area contributed by atoms with Crippen molar-refractivity contribution in [2.45, 2.75) is 52.0 Å². The van der Waals surface area contributed by atoms with Crippen LogP contribution in [0.3, 0.4) is 0 Å². The van der Waals surface area contributed by atoms with Gasteiger partial charge in [0, 0.05) is 17.8 Å². The molecule has 1 aromatic carbocycles. The largest absolute Gasteiger partial charge is 0.487 e. The Labute approximate surface area is 135 Å². The average molecular weight is 326 g/mol. The van der Waals surface area contributed by atoms with E-state index in [0.717, 1.165) is 24.8 Å². The molecule has 1 aliphatic rings. The highest BCUT2D eigenvalue weighted by Crippen LogP contribution is 2.25. The number of benzene rings is 1. The van der Waals surface area contributed by atoms with Gasteiger partial charge in [-0.2, -0.15) is 0 Å². The van der Waals surface area contributed by atoms with Crippen molar-refractivity contribution >= 4 is 11.7 Å². The SMILES string of the molecule is Cc1ccc(NC(=O)NC2CCCCC2C)cc1OCC(F)F. The van der Waals surface area contributed by atoms with Crippen LogP contribution >= 0.6 is 0 Å². The molecule has 1 fully saturated rings. The first kappa shape index (κ1) is 17.5. The van der Waals surface area contributed by atoms with Gasteiger partial charge in [-0.1, -0.05) is 25.8 Å². The summed E-state index contributed by atoms with van der Waals surface area (Å²) in [6, 6.07) is 4.95. The zero-order valence-corrected chi connectivity index (χ0v) is 13.6. The standard InChI is InChI=1S/C17H24F2N2O2/c1-11-5-3-4-6-14(11)21-17(22)20-13-8-7-12(2)15(9-13)23-10-16(18)19/h7-9,11,14,16H,3-6,10H2,1-2H3,(H2,20,21,22). The number of ether oxygens (including phenoxy) is 1. The average Bonchev–Trinajstić information content (AvgIpc) is 2.50. The van der Waals surface area contributed by atoms with Crippen LogP contribution in [0.15, 0.2) is 18.2 Å². The minimum Gasteiger partial charge on any atom is -0.487 e. The molecular formula is C17H24F2N2O2. The summed E-state index contributed by atoms with van der Waals surface area (Å²) in [5, 5.41) is 5.74. The molecule has 2 amide bonds. The van der Waals surface area contributed by atoms with Crippen LogP contribution in [-0.2, 0) is 0 Å². The Balaban J connectivity index is 1.93. The van der Waals surface area contributed by atoms with Crippen molar-refractivity contribution in [2.75, 3.05) is 11.9 Å². The van der Waals surface area contributed by atoms with Crippen molar-refractivity contribution in [1.29, 1.82) is 0 Å². The van der Waals surface area contributed by atoms with Gasteiger partial charge >= 0.3 is 6.03 Å². The topological polar surface area (TPSA) is 50.4 Å². The molecule has 0 saturated heterocycles. The highest BCUT2D eigenvalue weighted by Gasteiger charge is 2.22. The Kier molecular flexibility index (Phi) is 6.19. The van der Waals surface area contributed by atoms with Crippen LogP contribution in [-0.4, -0.2) is 25.1 Å². The molecule has 1 saturated carbocycles. The molecular weight excluding hydrogens is 302 g/mol. The summed E-state index contributed by atoms with van der Waals surface area (Å²) in [5.74, 6) is 0.826. The smallest absolute Gasteiger partial charge is 0.319 e. The number of hydrogen-bond donors (Lipinski definition) is 2. The summed E-state index contributed by atoms with van der Waals surface area (Å²) in [6.07, 6.45) is 1.93. The minimum atomic E-state index is -2.53. The summed E-state index contributed by atoms with van der Waals surface area (Å²) < 4.78 is 29.6. The highest BCUT2D eigenvalue weighted by atomic mass is 19.3. The van der Waals surface area contributed by atoms with Crippen molar-refractivity contribution in [3.63, 3.8) is 0 Å². The third-order valence-electron chi connectivity index (χ3n) is 4.24. The fraction of sp³-hybridized carbons (Fsp3) is 0.588. The molecule has 2 atom stereocenters. The van der Waals surface area contributed by atoms with E-state index in [1.165, 1.54) is 6.42 Å². The number of rotatable bonds is 5. The summed E-state index contributed by atoms with van der Waals surface area (Å²) >= 11 is 0. The second-order valence-corrected chi connectivity index (χ2v) is 6.15. The summed E-state index contributed by atoms with van der Waals surface area (Å²) in [6.45, 7) is 3.26. The molecule has 2 rings (SSSR count). The van der Waals surface area contributed by atoms with E-state index in [9.17, 15) is 13.6 Å². The van der Waals surface area contributed by atoms with Crippen molar-refractivity contribution in [3.05, 3.63) is 23.8 Å². The summed E-state index contributed by atoms with van der Waals surface area (Å²) in [4.78, 5) is 12.1. The first-order valence-electron chi connectivity index (χ1n) is 8.05. The first-order chi connectivity index (χ1) is 11.0. The zero-order chi connectivity index (χ0) is 16.8. The number of carbonyl (C=O) groups excluding carboxylic acids is 1. The quantitative estimate of drug-likeness (QED) is 0.845. The van der Waals surface area contributed by atoms with Crippen LogP contribution in [0.25, 0.3) is 0 Å². The number of aryl methyl sites for hydroxylation is 1. The van der Waals surface area contributed by atoms with Crippen molar-refractivity contribution in [1.82, 2.24) is 5.32 Å². The maximum atomic E-state index is 12.3. The van der Waals surface area contributed by atoms with Crippen molar-refractivity contribution in [2.24, 2.45) is 5.92 Å². The molecule has 4 nitrogen and oxygen atoms in total. The lowest BCUT2D eigenvalue weighted by atomic mass is 9.86. The number of urea groups is 1. The van der Waals surface area contributed by atoms with E-state index in [0.29, 0.717) is 17.4 Å². The van der Waals surface area contributed by atoms with Gasteiger partial charge in [-0.25, -0.2) is 13.6 Å². The number of hydrogen-bond acceptors (Lipinski definition) is 2. The van der Waals surface area contributed by atoms with Gasteiger partial charge < -0.3 is 15.4 Å². The molecule has 23 heavy (non-hydrogen) atoms. The van der Waals surface area contributed by atoms with E-state index >= 15 is 0 Å². The van der Waals surface area contributed by atoms with Crippen molar-refractivity contribution < 1.29 is 18.3 Å².